The number of hydrogen-bond donors (Lipinski definition) is 2. The number of nitrogens with zero attached hydrogens (tertiary/aromatic N) is 1. The van der Waals surface area contributed by atoms with Gasteiger partial charge in [-0.05, 0) is 23.8 Å². The number of carbonyl (C=O) groups is 1. The molecule has 5 nitrogen and oxygen atoms in total. The van der Waals surface area contributed by atoms with Gasteiger partial charge in [-0.2, -0.15) is 0 Å². The number of ether oxygens (including phenoxy) is 1. The fourth-order valence-electron chi connectivity index (χ4n) is 2.66. The highest BCUT2D eigenvalue weighted by Gasteiger charge is 2.16. The topological polar surface area (TPSA) is 67.6 Å². The van der Waals surface area contributed by atoms with Crippen LogP contribution in [0, 0.1) is 0 Å². The molecule has 0 saturated carbocycles. The zero-order valence-corrected chi connectivity index (χ0v) is 13.2. The first-order valence-electron chi connectivity index (χ1n) is 7.72. The van der Waals surface area contributed by atoms with E-state index in [1.165, 1.54) is 0 Å². The van der Waals surface area contributed by atoms with E-state index in [2.05, 4.69) is 10.2 Å². The van der Waals surface area contributed by atoms with Gasteiger partial charge in [0, 0.05) is 25.2 Å². The Bertz CT molecular complexity index is 688. The summed E-state index contributed by atoms with van der Waals surface area (Å²) in [5.41, 5.74) is 8.80. The molecular weight excluding hydrogens is 290 g/mol. The third kappa shape index (κ3) is 3.63. The van der Waals surface area contributed by atoms with Crippen molar-refractivity contribution in [1.29, 1.82) is 0 Å². The van der Waals surface area contributed by atoms with Crippen molar-refractivity contribution in [3.63, 3.8) is 0 Å². The molecule has 1 aliphatic rings. The Morgan fingerprint density at radius 3 is 2.87 bits per heavy atom. The van der Waals surface area contributed by atoms with Gasteiger partial charge in [0.15, 0.2) is 0 Å². The van der Waals surface area contributed by atoms with Gasteiger partial charge in [0.1, 0.15) is 12.4 Å². The summed E-state index contributed by atoms with van der Waals surface area (Å²) < 4.78 is 5.60. The van der Waals surface area contributed by atoms with Crippen LogP contribution in [-0.2, 0) is 4.79 Å². The van der Waals surface area contributed by atoms with Gasteiger partial charge < -0.3 is 20.7 Å². The molecule has 1 atom stereocenters. The predicted octanol–water partition coefficient (Wildman–Crippen LogP) is 2.54. The Balaban J connectivity index is 1.65. The summed E-state index contributed by atoms with van der Waals surface area (Å²) in [6, 6.07) is 15.0. The normalized spacial score (nSPS) is 14.6. The third-order valence-electron chi connectivity index (χ3n) is 3.97. The summed E-state index contributed by atoms with van der Waals surface area (Å²) in [7, 11) is 2.01. The summed E-state index contributed by atoms with van der Waals surface area (Å²) in [6.45, 7) is 1.52. The van der Waals surface area contributed by atoms with Crippen molar-refractivity contribution in [2.45, 2.75) is 12.5 Å². The van der Waals surface area contributed by atoms with Gasteiger partial charge in [-0.1, -0.05) is 30.3 Å². The van der Waals surface area contributed by atoms with Crippen molar-refractivity contribution in [3.8, 4) is 5.75 Å². The highest BCUT2D eigenvalue weighted by molar-refractivity contribution is 5.92. The summed E-state index contributed by atoms with van der Waals surface area (Å²) in [5.74, 6) is 0.749. The number of fused-ring (bicyclic) bond motifs is 1. The molecule has 2 aromatic carbocycles. The number of nitrogens with one attached hydrogen (secondary N) is 1. The number of anilines is 2. The maximum absolute atomic E-state index is 12.2. The molecule has 1 aliphatic heterocycles. The van der Waals surface area contributed by atoms with E-state index in [-0.39, 0.29) is 18.4 Å². The van der Waals surface area contributed by atoms with Crippen LogP contribution in [0.5, 0.6) is 5.75 Å². The Kier molecular flexibility index (Phi) is 4.48. The molecule has 120 valence electrons. The van der Waals surface area contributed by atoms with Crippen molar-refractivity contribution in [2.75, 3.05) is 30.4 Å². The molecule has 2 aromatic rings. The lowest BCUT2D eigenvalue weighted by Gasteiger charge is -2.28. The fourth-order valence-corrected chi connectivity index (χ4v) is 2.66. The Hall–Kier alpha value is -2.53. The van der Waals surface area contributed by atoms with E-state index in [4.69, 9.17) is 10.5 Å². The number of rotatable bonds is 4. The molecule has 1 heterocycles. The smallest absolute Gasteiger partial charge is 0.226 e. The Labute approximate surface area is 136 Å². The molecule has 0 fully saturated rings. The number of likely N-dealkylation sites (N-methyl/N-ethyl adjacent to an activating group) is 1. The van der Waals surface area contributed by atoms with Crippen LogP contribution in [-0.4, -0.2) is 26.1 Å². The molecule has 0 bridgehead atoms. The van der Waals surface area contributed by atoms with Crippen molar-refractivity contribution in [2.24, 2.45) is 5.73 Å². The lowest BCUT2D eigenvalue weighted by atomic mass is 10.0. The maximum atomic E-state index is 12.2. The second-order valence-corrected chi connectivity index (χ2v) is 5.72. The van der Waals surface area contributed by atoms with Crippen LogP contribution in [0.2, 0.25) is 0 Å². The van der Waals surface area contributed by atoms with E-state index in [1.807, 2.05) is 55.6 Å². The first kappa shape index (κ1) is 15.4. The van der Waals surface area contributed by atoms with Gasteiger partial charge in [0.05, 0.1) is 12.2 Å². The molecular formula is C18H21N3O2. The quantitative estimate of drug-likeness (QED) is 0.910. The van der Waals surface area contributed by atoms with Gasteiger partial charge >= 0.3 is 0 Å². The minimum Gasteiger partial charge on any atom is -0.490 e. The van der Waals surface area contributed by atoms with Gasteiger partial charge in [-0.3, -0.25) is 4.79 Å². The van der Waals surface area contributed by atoms with E-state index in [1.54, 1.807) is 0 Å². The monoisotopic (exact) mass is 311 g/mol. The highest BCUT2D eigenvalue weighted by Crippen LogP contribution is 2.33. The van der Waals surface area contributed by atoms with Crippen molar-refractivity contribution < 1.29 is 9.53 Å². The standard InChI is InChI=1S/C18H21N3O2/c1-21-9-10-23-17-8-7-14(11-16(17)21)20-18(22)12-15(19)13-5-3-2-4-6-13/h2-8,11,15H,9-10,12,19H2,1H3,(H,20,22). The lowest BCUT2D eigenvalue weighted by molar-refractivity contribution is -0.116. The number of hydrogen-bond acceptors (Lipinski definition) is 4. The number of nitrogens with two attached hydrogens (primary N) is 1. The largest absolute Gasteiger partial charge is 0.490 e. The Morgan fingerprint density at radius 2 is 2.09 bits per heavy atom. The number of amides is 1. The zero-order valence-electron chi connectivity index (χ0n) is 13.2. The van der Waals surface area contributed by atoms with Crippen LogP contribution in [0.25, 0.3) is 0 Å². The van der Waals surface area contributed by atoms with Crippen LogP contribution in [0.4, 0.5) is 11.4 Å². The van der Waals surface area contributed by atoms with Gasteiger partial charge in [0.25, 0.3) is 0 Å². The number of carbonyl (C=O) groups excluding carboxylic acids is 1. The van der Waals surface area contributed by atoms with Crippen molar-refractivity contribution in [3.05, 3.63) is 54.1 Å². The average molecular weight is 311 g/mol. The van der Waals surface area contributed by atoms with Gasteiger partial charge in [-0.25, -0.2) is 0 Å². The van der Waals surface area contributed by atoms with E-state index < -0.39 is 0 Å². The second kappa shape index (κ2) is 6.71. The second-order valence-electron chi connectivity index (χ2n) is 5.72. The SMILES string of the molecule is CN1CCOc2ccc(NC(=O)CC(N)c3ccccc3)cc21. The van der Waals surface area contributed by atoms with Crippen molar-refractivity contribution >= 4 is 17.3 Å². The number of benzene rings is 2. The molecule has 0 spiro atoms. The molecule has 3 rings (SSSR count). The molecule has 0 aromatic heterocycles. The minimum absolute atomic E-state index is 0.0966. The maximum Gasteiger partial charge on any atom is 0.226 e. The van der Waals surface area contributed by atoms with Crippen LogP contribution in [0.3, 0.4) is 0 Å². The van der Waals surface area contributed by atoms with Crippen LogP contribution < -0.4 is 20.7 Å². The van der Waals surface area contributed by atoms with E-state index in [0.717, 1.165) is 29.2 Å². The molecule has 1 unspecified atom stereocenters. The van der Waals surface area contributed by atoms with E-state index in [0.29, 0.717) is 6.61 Å². The molecule has 1 amide bonds. The molecule has 0 saturated heterocycles. The average Bonchev–Trinajstić information content (AvgIpc) is 2.56. The summed E-state index contributed by atoms with van der Waals surface area (Å²) >= 11 is 0. The summed E-state index contributed by atoms with van der Waals surface area (Å²) in [5, 5.41) is 2.91. The van der Waals surface area contributed by atoms with Crippen molar-refractivity contribution in [1.82, 2.24) is 0 Å². The molecule has 5 heteroatoms. The van der Waals surface area contributed by atoms with Crippen LogP contribution in [0.15, 0.2) is 48.5 Å². The third-order valence-corrected chi connectivity index (χ3v) is 3.97. The van der Waals surface area contributed by atoms with Crippen LogP contribution in [0.1, 0.15) is 18.0 Å². The highest BCUT2D eigenvalue weighted by atomic mass is 16.5. The minimum atomic E-state index is -0.306. The lowest BCUT2D eigenvalue weighted by Crippen LogP contribution is -2.29. The first-order chi connectivity index (χ1) is 11.1. The Morgan fingerprint density at radius 1 is 1.30 bits per heavy atom. The van der Waals surface area contributed by atoms with Crippen LogP contribution >= 0.6 is 0 Å². The van der Waals surface area contributed by atoms with Gasteiger partial charge in [-0.15, -0.1) is 0 Å². The first-order valence-corrected chi connectivity index (χ1v) is 7.72. The van der Waals surface area contributed by atoms with E-state index in [9.17, 15) is 4.79 Å². The molecule has 0 aliphatic carbocycles. The predicted molar refractivity (Wildman–Crippen MR) is 91.8 cm³/mol. The summed E-state index contributed by atoms with van der Waals surface area (Å²) in [4.78, 5) is 14.3. The molecule has 3 N–H and O–H groups in total. The zero-order chi connectivity index (χ0) is 16.2. The fraction of sp³-hybridized carbons (Fsp3) is 0.278. The molecule has 0 radical (unpaired) electrons. The van der Waals surface area contributed by atoms with E-state index >= 15 is 0 Å². The summed E-state index contributed by atoms with van der Waals surface area (Å²) in [6.07, 6.45) is 0.243. The van der Waals surface area contributed by atoms with Gasteiger partial charge in [0.2, 0.25) is 5.91 Å². The molecule has 23 heavy (non-hydrogen) atoms.